The Morgan fingerprint density at radius 2 is 1.69 bits per heavy atom. The van der Waals surface area contributed by atoms with E-state index in [4.69, 9.17) is 26.9 Å². The van der Waals surface area contributed by atoms with E-state index in [1.807, 2.05) is 36.4 Å². The molecule has 0 spiro atoms. The van der Waals surface area contributed by atoms with Crippen molar-refractivity contribution in [2.45, 2.75) is 13.2 Å². The number of hydrogen-bond donors (Lipinski definition) is 0. The Labute approximate surface area is 156 Å². The van der Waals surface area contributed by atoms with E-state index in [2.05, 4.69) is 18.7 Å². The lowest BCUT2D eigenvalue weighted by Gasteiger charge is -2.33. The minimum atomic E-state index is -2.78. The van der Waals surface area contributed by atoms with Crippen LogP contribution in [0.5, 0.6) is 11.5 Å². The van der Waals surface area contributed by atoms with Crippen LogP contribution in [-0.2, 0) is 24.3 Å². The van der Waals surface area contributed by atoms with Gasteiger partial charge in [0, 0.05) is 32.1 Å². The highest BCUT2D eigenvalue weighted by atomic mass is 28.4. The summed E-state index contributed by atoms with van der Waals surface area (Å²) < 4.78 is 34.4. The zero-order valence-corrected chi connectivity index (χ0v) is 17.5. The standard InChI is InChI=1S/C18H24O6Si2/c1-19-26(20-2,21-3)14-22-16-10-11-18-15(12-16)13-23-25(4,24-18)17-8-6-5-7-9-17/h5-12H,13-14H2,1-4H3. The predicted octanol–water partition coefficient (Wildman–Crippen LogP) is 2.37. The van der Waals surface area contributed by atoms with Crippen LogP contribution in [0, 0.1) is 0 Å². The van der Waals surface area contributed by atoms with Crippen molar-refractivity contribution in [2.24, 2.45) is 0 Å². The van der Waals surface area contributed by atoms with Crippen LogP contribution in [0.15, 0.2) is 48.5 Å². The van der Waals surface area contributed by atoms with Crippen LogP contribution in [0.4, 0.5) is 0 Å². The van der Waals surface area contributed by atoms with Gasteiger partial charge in [0.2, 0.25) is 0 Å². The molecule has 1 atom stereocenters. The van der Waals surface area contributed by atoms with Gasteiger partial charge in [0.05, 0.1) is 6.61 Å². The predicted molar refractivity (Wildman–Crippen MR) is 102 cm³/mol. The lowest BCUT2D eigenvalue weighted by molar-refractivity contribution is 0.100. The zero-order valence-electron chi connectivity index (χ0n) is 15.5. The van der Waals surface area contributed by atoms with E-state index in [1.165, 1.54) is 0 Å². The van der Waals surface area contributed by atoms with E-state index >= 15 is 0 Å². The third-order valence-electron chi connectivity index (χ3n) is 4.49. The van der Waals surface area contributed by atoms with Gasteiger partial charge in [-0.15, -0.1) is 0 Å². The van der Waals surface area contributed by atoms with Crippen molar-refractivity contribution < 1.29 is 26.9 Å². The van der Waals surface area contributed by atoms with Crippen molar-refractivity contribution in [3.05, 3.63) is 54.1 Å². The van der Waals surface area contributed by atoms with Crippen molar-refractivity contribution in [1.82, 2.24) is 0 Å². The number of rotatable bonds is 7. The summed E-state index contributed by atoms with van der Waals surface area (Å²) in [5.41, 5.74) is 0.961. The molecule has 0 amide bonds. The van der Waals surface area contributed by atoms with Gasteiger partial charge < -0.3 is 26.9 Å². The highest BCUT2D eigenvalue weighted by Crippen LogP contribution is 2.32. The molecule has 6 nitrogen and oxygen atoms in total. The third kappa shape index (κ3) is 3.85. The summed E-state index contributed by atoms with van der Waals surface area (Å²) >= 11 is 0. The van der Waals surface area contributed by atoms with Gasteiger partial charge in [0.25, 0.3) is 0 Å². The number of benzene rings is 2. The Kier molecular flexibility index (Phi) is 5.80. The molecule has 2 aromatic carbocycles. The summed E-state index contributed by atoms with van der Waals surface area (Å²) in [6, 6.07) is 15.8. The average Bonchev–Trinajstić information content (AvgIpc) is 2.70. The van der Waals surface area contributed by atoms with Crippen molar-refractivity contribution in [2.75, 3.05) is 27.6 Å². The largest absolute Gasteiger partial charge is 0.539 e. The van der Waals surface area contributed by atoms with E-state index in [-0.39, 0.29) is 6.23 Å². The van der Waals surface area contributed by atoms with Crippen LogP contribution in [0.2, 0.25) is 6.55 Å². The Balaban J connectivity index is 1.73. The zero-order chi connectivity index (χ0) is 18.6. The molecule has 0 radical (unpaired) electrons. The second-order valence-electron chi connectivity index (χ2n) is 6.06. The second kappa shape index (κ2) is 7.91. The summed E-state index contributed by atoms with van der Waals surface area (Å²) in [6.07, 6.45) is 0.230. The Morgan fingerprint density at radius 3 is 2.35 bits per heavy atom. The van der Waals surface area contributed by atoms with Gasteiger partial charge in [-0.2, -0.15) is 0 Å². The molecule has 0 N–H and O–H groups in total. The van der Waals surface area contributed by atoms with Crippen LogP contribution in [0.3, 0.4) is 0 Å². The highest BCUT2D eigenvalue weighted by molar-refractivity contribution is 6.80. The first-order valence-electron chi connectivity index (χ1n) is 8.34. The van der Waals surface area contributed by atoms with Gasteiger partial charge in [-0.1, -0.05) is 30.3 Å². The van der Waals surface area contributed by atoms with Crippen molar-refractivity contribution in [3.8, 4) is 11.5 Å². The van der Waals surface area contributed by atoms with Gasteiger partial charge in [-0.05, 0) is 24.7 Å². The van der Waals surface area contributed by atoms with E-state index in [9.17, 15) is 0 Å². The first-order valence-corrected chi connectivity index (χ1v) is 12.6. The van der Waals surface area contributed by atoms with Gasteiger partial charge >= 0.3 is 17.4 Å². The van der Waals surface area contributed by atoms with Gasteiger partial charge in [-0.25, -0.2) is 0 Å². The summed E-state index contributed by atoms with van der Waals surface area (Å²) in [5, 5.41) is 1.11. The van der Waals surface area contributed by atoms with Crippen molar-refractivity contribution in [1.29, 1.82) is 0 Å². The topological polar surface area (TPSA) is 55.4 Å². The molecular weight excluding hydrogens is 368 g/mol. The first kappa shape index (κ1) is 19.1. The van der Waals surface area contributed by atoms with Crippen LogP contribution in [-0.4, -0.2) is 44.9 Å². The van der Waals surface area contributed by atoms with Crippen LogP contribution in [0.25, 0.3) is 0 Å². The van der Waals surface area contributed by atoms with E-state index in [0.29, 0.717) is 12.4 Å². The number of hydrogen-bond acceptors (Lipinski definition) is 6. The Morgan fingerprint density at radius 1 is 1.00 bits per heavy atom. The average molecular weight is 393 g/mol. The lowest BCUT2D eigenvalue weighted by atomic mass is 10.2. The number of ether oxygens (including phenoxy) is 1. The number of fused-ring (bicyclic) bond motifs is 1. The molecule has 0 saturated heterocycles. The molecule has 140 valence electrons. The SMILES string of the molecule is CO[Si](COc1ccc2c(c1)CO[Si](C)(c1ccccc1)O2)(OC)OC. The van der Waals surface area contributed by atoms with Crippen molar-refractivity contribution in [3.63, 3.8) is 0 Å². The summed E-state index contributed by atoms with van der Waals surface area (Å²) in [7, 11) is -0.537. The molecule has 0 bridgehead atoms. The molecule has 26 heavy (non-hydrogen) atoms. The second-order valence-corrected chi connectivity index (χ2v) is 11.9. The van der Waals surface area contributed by atoms with Crippen LogP contribution < -0.4 is 14.3 Å². The maximum Gasteiger partial charge on any atom is 0.539 e. The molecule has 3 rings (SSSR count). The fourth-order valence-electron chi connectivity index (χ4n) is 2.79. The maximum absolute atomic E-state index is 6.27. The molecule has 8 heteroatoms. The normalized spacial score (nSPS) is 19.5. The Bertz CT molecular complexity index is 729. The summed E-state index contributed by atoms with van der Waals surface area (Å²) in [4.78, 5) is 0. The molecule has 1 aliphatic heterocycles. The molecule has 0 fully saturated rings. The van der Waals surface area contributed by atoms with E-state index in [0.717, 1.165) is 16.5 Å². The molecule has 1 heterocycles. The van der Waals surface area contributed by atoms with Crippen molar-refractivity contribution >= 4 is 22.6 Å². The molecule has 1 unspecified atom stereocenters. The molecule has 2 aromatic rings. The summed E-state index contributed by atoms with van der Waals surface area (Å²) in [5.74, 6) is 1.54. The molecule has 0 aromatic heterocycles. The first-order chi connectivity index (χ1) is 12.5. The van der Waals surface area contributed by atoms with E-state index < -0.39 is 17.4 Å². The maximum atomic E-state index is 6.27. The molecule has 0 saturated carbocycles. The van der Waals surface area contributed by atoms with Crippen LogP contribution >= 0.6 is 0 Å². The molecule has 1 aliphatic rings. The van der Waals surface area contributed by atoms with Gasteiger partial charge in [0.1, 0.15) is 11.5 Å². The fraction of sp³-hybridized carbons (Fsp3) is 0.333. The quantitative estimate of drug-likeness (QED) is 0.675. The highest BCUT2D eigenvalue weighted by Gasteiger charge is 2.41. The van der Waals surface area contributed by atoms with E-state index in [1.54, 1.807) is 21.3 Å². The fourth-order valence-corrected chi connectivity index (χ4v) is 6.18. The Hall–Kier alpha value is -1.69. The monoisotopic (exact) mass is 392 g/mol. The lowest BCUT2D eigenvalue weighted by Crippen LogP contribution is -2.55. The van der Waals surface area contributed by atoms with Gasteiger partial charge in [0.15, 0.2) is 6.23 Å². The smallest absolute Gasteiger partial charge is 0.517 e. The van der Waals surface area contributed by atoms with Crippen LogP contribution in [0.1, 0.15) is 5.56 Å². The third-order valence-corrected chi connectivity index (χ3v) is 9.54. The summed E-state index contributed by atoms with van der Waals surface area (Å²) in [6.45, 7) is 2.55. The molecular formula is C18H24O6Si2. The van der Waals surface area contributed by atoms with Gasteiger partial charge in [-0.3, -0.25) is 0 Å². The minimum absolute atomic E-state index is 0.230. The molecule has 0 aliphatic carbocycles. The minimum Gasteiger partial charge on any atom is -0.517 e.